The minimum Gasteiger partial charge on any atom is -0.449 e. The van der Waals surface area contributed by atoms with Crippen LogP contribution in [0.3, 0.4) is 0 Å². The normalized spacial score (nSPS) is 17.1. The van der Waals surface area contributed by atoms with Gasteiger partial charge in [0, 0.05) is 24.8 Å². The van der Waals surface area contributed by atoms with E-state index in [0.717, 1.165) is 37.1 Å². The number of nitrogens with zero attached hydrogens (tertiary/aromatic N) is 2. The first-order chi connectivity index (χ1) is 9.13. The van der Waals surface area contributed by atoms with Crippen molar-refractivity contribution in [2.75, 3.05) is 13.1 Å². The number of hydrogen-bond acceptors (Lipinski definition) is 3. The fraction of sp³-hybridized carbons (Fsp3) is 0.467. The molecule has 2 aromatic rings. The predicted octanol–water partition coefficient (Wildman–Crippen LogP) is 3.01. The van der Waals surface area contributed by atoms with Gasteiger partial charge in [-0.3, -0.25) is 4.79 Å². The lowest BCUT2D eigenvalue weighted by Gasteiger charge is -2.29. The van der Waals surface area contributed by atoms with E-state index in [9.17, 15) is 4.79 Å². The molecular weight excluding hydrogens is 240 g/mol. The number of piperidine rings is 1. The van der Waals surface area contributed by atoms with E-state index < -0.39 is 0 Å². The molecule has 1 aliphatic rings. The largest absolute Gasteiger partial charge is 0.449 e. The van der Waals surface area contributed by atoms with Gasteiger partial charge in [-0.2, -0.15) is 0 Å². The molecule has 1 aliphatic heterocycles. The van der Waals surface area contributed by atoms with Gasteiger partial charge < -0.3 is 9.32 Å². The summed E-state index contributed by atoms with van der Waals surface area (Å²) in [6.45, 7) is 5.81. The summed E-state index contributed by atoms with van der Waals surface area (Å²) in [5.41, 5.74) is 2.37. The van der Waals surface area contributed by atoms with Crippen molar-refractivity contribution in [3.05, 3.63) is 29.7 Å². The van der Waals surface area contributed by atoms with Crippen LogP contribution in [0, 0.1) is 12.8 Å². The average Bonchev–Trinajstić information content (AvgIpc) is 2.81. The number of fused-ring (bicyclic) bond motifs is 1. The van der Waals surface area contributed by atoms with Gasteiger partial charge in [-0.1, -0.05) is 6.92 Å². The highest BCUT2D eigenvalue weighted by Gasteiger charge is 2.24. The second kappa shape index (κ2) is 4.68. The first-order valence-corrected chi connectivity index (χ1v) is 6.80. The number of rotatable bonds is 1. The number of aryl methyl sites for hydroxylation is 1. The predicted molar refractivity (Wildman–Crippen MR) is 73.0 cm³/mol. The quantitative estimate of drug-likeness (QED) is 0.790. The van der Waals surface area contributed by atoms with Gasteiger partial charge in [0.15, 0.2) is 11.3 Å². The number of carbonyl (C=O) groups excluding carboxylic acids is 1. The summed E-state index contributed by atoms with van der Waals surface area (Å²) in [4.78, 5) is 18.6. The van der Waals surface area contributed by atoms with E-state index in [0.29, 0.717) is 17.3 Å². The molecule has 0 saturated carbocycles. The van der Waals surface area contributed by atoms with Gasteiger partial charge in [0.1, 0.15) is 5.52 Å². The molecule has 0 bridgehead atoms. The Morgan fingerprint density at radius 3 is 2.84 bits per heavy atom. The summed E-state index contributed by atoms with van der Waals surface area (Å²) in [6.07, 6.45) is 2.15. The van der Waals surface area contributed by atoms with Gasteiger partial charge in [0.05, 0.1) is 0 Å². The number of likely N-dealkylation sites (tertiary alicyclic amines) is 1. The number of amides is 1. The van der Waals surface area contributed by atoms with E-state index in [4.69, 9.17) is 4.42 Å². The fourth-order valence-electron chi connectivity index (χ4n) is 2.50. The molecule has 4 nitrogen and oxygen atoms in total. The standard InChI is InChI=1S/C15H18N2O2/c1-10-5-7-17(8-6-10)15(18)14-9-12-13(19-14)4-3-11(2)16-12/h3-4,9-10H,5-8H2,1-2H3. The molecule has 0 spiro atoms. The Labute approximate surface area is 112 Å². The van der Waals surface area contributed by atoms with E-state index in [1.807, 2.05) is 24.0 Å². The van der Waals surface area contributed by atoms with E-state index in [1.165, 1.54) is 0 Å². The smallest absolute Gasteiger partial charge is 0.289 e. The monoisotopic (exact) mass is 258 g/mol. The highest BCUT2D eigenvalue weighted by atomic mass is 16.3. The Bertz CT molecular complexity index is 610. The van der Waals surface area contributed by atoms with Gasteiger partial charge in [0.25, 0.3) is 5.91 Å². The van der Waals surface area contributed by atoms with Crippen LogP contribution in [-0.2, 0) is 0 Å². The molecule has 4 heteroatoms. The molecule has 3 heterocycles. The first-order valence-electron chi connectivity index (χ1n) is 6.80. The Morgan fingerprint density at radius 2 is 2.11 bits per heavy atom. The second-order valence-corrected chi connectivity index (χ2v) is 5.42. The van der Waals surface area contributed by atoms with Crippen LogP contribution < -0.4 is 0 Å². The minimum absolute atomic E-state index is 0.0115. The highest BCUT2D eigenvalue weighted by molar-refractivity contribution is 5.95. The van der Waals surface area contributed by atoms with Crippen LogP contribution >= 0.6 is 0 Å². The number of aromatic nitrogens is 1. The van der Waals surface area contributed by atoms with Gasteiger partial charge >= 0.3 is 0 Å². The second-order valence-electron chi connectivity index (χ2n) is 5.42. The van der Waals surface area contributed by atoms with Crippen LogP contribution in [0.2, 0.25) is 0 Å². The van der Waals surface area contributed by atoms with Crippen LogP contribution in [-0.4, -0.2) is 28.9 Å². The molecular formula is C15H18N2O2. The molecule has 0 atom stereocenters. The Balaban J connectivity index is 1.85. The number of carbonyl (C=O) groups is 1. The molecule has 1 saturated heterocycles. The minimum atomic E-state index is -0.0115. The van der Waals surface area contributed by atoms with Crippen LogP contribution in [0.25, 0.3) is 11.1 Å². The molecule has 0 N–H and O–H groups in total. The van der Waals surface area contributed by atoms with Crippen molar-refractivity contribution in [1.82, 2.24) is 9.88 Å². The van der Waals surface area contributed by atoms with Crippen molar-refractivity contribution in [1.29, 1.82) is 0 Å². The molecule has 100 valence electrons. The third-order valence-corrected chi connectivity index (χ3v) is 3.79. The fourth-order valence-corrected chi connectivity index (χ4v) is 2.50. The van der Waals surface area contributed by atoms with Crippen molar-refractivity contribution < 1.29 is 9.21 Å². The average molecular weight is 258 g/mol. The summed E-state index contributed by atoms with van der Waals surface area (Å²) in [5, 5.41) is 0. The van der Waals surface area contributed by atoms with Crippen molar-refractivity contribution in [3.8, 4) is 0 Å². The van der Waals surface area contributed by atoms with Crippen LogP contribution in [0.15, 0.2) is 22.6 Å². The van der Waals surface area contributed by atoms with E-state index in [2.05, 4.69) is 11.9 Å². The molecule has 0 aliphatic carbocycles. The van der Waals surface area contributed by atoms with Crippen molar-refractivity contribution >= 4 is 17.0 Å². The third-order valence-electron chi connectivity index (χ3n) is 3.79. The van der Waals surface area contributed by atoms with E-state index in [-0.39, 0.29) is 5.91 Å². The van der Waals surface area contributed by atoms with Crippen molar-refractivity contribution in [3.63, 3.8) is 0 Å². The number of hydrogen-bond donors (Lipinski definition) is 0. The molecule has 0 radical (unpaired) electrons. The Morgan fingerprint density at radius 1 is 1.37 bits per heavy atom. The Kier molecular flexibility index (Phi) is 3.01. The summed E-state index contributed by atoms with van der Waals surface area (Å²) < 4.78 is 5.61. The molecule has 1 fully saturated rings. The van der Waals surface area contributed by atoms with Crippen LogP contribution in [0.5, 0.6) is 0 Å². The maximum absolute atomic E-state index is 12.4. The third kappa shape index (κ3) is 2.35. The van der Waals surface area contributed by atoms with Gasteiger partial charge in [-0.15, -0.1) is 0 Å². The van der Waals surface area contributed by atoms with Gasteiger partial charge in [-0.05, 0) is 37.8 Å². The highest BCUT2D eigenvalue weighted by Crippen LogP contribution is 2.22. The zero-order valence-electron chi connectivity index (χ0n) is 11.3. The maximum Gasteiger partial charge on any atom is 0.289 e. The maximum atomic E-state index is 12.4. The van der Waals surface area contributed by atoms with E-state index in [1.54, 1.807) is 6.07 Å². The molecule has 1 amide bonds. The summed E-state index contributed by atoms with van der Waals surface area (Å²) in [6, 6.07) is 5.51. The Hall–Kier alpha value is -1.84. The summed E-state index contributed by atoms with van der Waals surface area (Å²) in [5.74, 6) is 1.11. The molecule has 2 aromatic heterocycles. The molecule has 0 aromatic carbocycles. The molecule has 3 rings (SSSR count). The molecule has 19 heavy (non-hydrogen) atoms. The lowest BCUT2D eigenvalue weighted by Crippen LogP contribution is -2.37. The van der Waals surface area contributed by atoms with Gasteiger partial charge in [0.2, 0.25) is 0 Å². The zero-order chi connectivity index (χ0) is 13.4. The number of furan rings is 1. The van der Waals surface area contributed by atoms with E-state index >= 15 is 0 Å². The van der Waals surface area contributed by atoms with Crippen LogP contribution in [0.4, 0.5) is 0 Å². The topological polar surface area (TPSA) is 46.3 Å². The van der Waals surface area contributed by atoms with Gasteiger partial charge in [-0.25, -0.2) is 4.98 Å². The summed E-state index contributed by atoms with van der Waals surface area (Å²) >= 11 is 0. The first kappa shape index (κ1) is 12.2. The number of pyridine rings is 1. The summed E-state index contributed by atoms with van der Waals surface area (Å²) in [7, 11) is 0. The SMILES string of the molecule is Cc1ccc2oc(C(=O)N3CCC(C)CC3)cc2n1. The molecule has 0 unspecified atom stereocenters. The van der Waals surface area contributed by atoms with Crippen LogP contribution in [0.1, 0.15) is 36.0 Å². The van der Waals surface area contributed by atoms with Crippen molar-refractivity contribution in [2.24, 2.45) is 5.92 Å². The zero-order valence-corrected chi connectivity index (χ0v) is 11.3. The van der Waals surface area contributed by atoms with Crippen molar-refractivity contribution in [2.45, 2.75) is 26.7 Å². The lowest BCUT2D eigenvalue weighted by molar-refractivity contribution is 0.0667. The lowest BCUT2D eigenvalue weighted by atomic mass is 9.99.